The van der Waals surface area contributed by atoms with Gasteiger partial charge in [-0.2, -0.15) is 11.8 Å². The molecule has 3 nitrogen and oxygen atoms in total. The summed E-state index contributed by atoms with van der Waals surface area (Å²) in [6.07, 6.45) is 2.12. The quantitative estimate of drug-likeness (QED) is 0.643. The molecule has 1 heterocycles. The van der Waals surface area contributed by atoms with Gasteiger partial charge in [0, 0.05) is 17.2 Å². The Balaban J connectivity index is 1.96. The van der Waals surface area contributed by atoms with Crippen LogP contribution < -0.4 is 5.32 Å². The van der Waals surface area contributed by atoms with E-state index in [-0.39, 0.29) is 0 Å². The molecule has 0 amide bonds. The predicted octanol–water partition coefficient (Wildman–Crippen LogP) is 4.05. The highest BCUT2D eigenvalue weighted by Gasteiger charge is 2.05. The molecule has 1 N–H and O–H groups in total. The van der Waals surface area contributed by atoms with Gasteiger partial charge in [-0.15, -0.1) is 10.2 Å². The second-order valence-electron chi connectivity index (χ2n) is 3.65. The largest absolute Gasteiger partial charge is 0.330 e. The van der Waals surface area contributed by atoms with Crippen molar-refractivity contribution in [2.24, 2.45) is 0 Å². The molecule has 0 aliphatic carbocycles. The van der Waals surface area contributed by atoms with Crippen molar-refractivity contribution in [3.05, 3.63) is 29.8 Å². The first kappa shape index (κ1) is 13.7. The van der Waals surface area contributed by atoms with E-state index in [1.54, 1.807) is 23.1 Å². The Bertz CT molecular complexity index is 499. The van der Waals surface area contributed by atoms with Crippen molar-refractivity contribution in [2.75, 3.05) is 23.1 Å². The van der Waals surface area contributed by atoms with Crippen molar-refractivity contribution in [3.63, 3.8) is 0 Å². The van der Waals surface area contributed by atoms with E-state index in [1.807, 2.05) is 23.9 Å². The molecule has 0 radical (unpaired) electrons. The molecule has 0 bridgehead atoms. The maximum atomic E-state index is 4.17. The first-order valence-electron chi connectivity index (χ1n) is 5.57. The van der Waals surface area contributed by atoms with Gasteiger partial charge in [0.15, 0.2) is 4.34 Å². The van der Waals surface area contributed by atoms with Crippen molar-refractivity contribution in [1.82, 2.24) is 10.2 Å². The summed E-state index contributed by atoms with van der Waals surface area (Å²) in [6, 6.07) is 8.18. The zero-order valence-electron chi connectivity index (χ0n) is 10.3. The van der Waals surface area contributed by atoms with Crippen LogP contribution in [0.5, 0.6) is 0 Å². The van der Waals surface area contributed by atoms with E-state index >= 15 is 0 Å². The molecule has 0 aliphatic rings. The Hall–Kier alpha value is -0.720. The number of nitrogens with one attached hydrogen (secondary N) is 1. The molecule has 96 valence electrons. The summed E-state index contributed by atoms with van der Waals surface area (Å²) in [6.45, 7) is 2.08. The minimum atomic E-state index is 0.857. The van der Waals surface area contributed by atoms with Gasteiger partial charge in [-0.3, -0.25) is 0 Å². The lowest BCUT2D eigenvalue weighted by Crippen LogP contribution is -1.91. The fourth-order valence-electron chi connectivity index (χ4n) is 1.36. The van der Waals surface area contributed by atoms with Crippen LogP contribution in [0.1, 0.15) is 5.56 Å². The number of para-hydroxylation sites is 1. The number of aryl methyl sites for hydroxylation is 1. The topological polar surface area (TPSA) is 37.8 Å². The molecule has 1 aromatic carbocycles. The smallest absolute Gasteiger partial charge is 0.210 e. The van der Waals surface area contributed by atoms with E-state index < -0.39 is 0 Å². The zero-order chi connectivity index (χ0) is 12.8. The van der Waals surface area contributed by atoms with Gasteiger partial charge in [0.1, 0.15) is 0 Å². The molecular weight excluding hydrogens is 282 g/mol. The highest BCUT2D eigenvalue weighted by atomic mass is 32.2. The minimum Gasteiger partial charge on any atom is -0.330 e. The van der Waals surface area contributed by atoms with Crippen LogP contribution >= 0.6 is 34.9 Å². The van der Waals surface area contributed by atoms with Crippen LogP contribution in [0.4, 0.5) is 10.8 Å². The lowest BCUT2D eigenvalue weighted by Gasteiger charge is -2.04. The Kier molecular flexibility index (Phi) is 5.34. The summed E-state index contributed by atoms with van der Waals surface area (Å²) in [5, 5.41) is 12.5. The molecule has 0 aliphatic heterocycles. The van der Waals surface area contributed by atoms with E-state index in [0.717, 1.165) is 26.7 Å². The summed E-state index contributed by atoms with van der Waals surface area (Å²) in [4.78, 5) is 0. The molecule has 0 atom stereocenters. The second-order valence-corrected chi connectivity index (χ2v) is 6.96. The molecule has 0 fully saturated rings. The van der Waals surface area contributed by atoms with Crippen LogP contribution in [-0.2, 0) is 0 Å². The number of anilines is 2. The van der Waals surface area contributed by atoms with Crippen LogP contribution in [0.25, 0.3) is 0 Å². The van der Waals surface area contributed by atoms with Gasteiger partial charge < -0.3 is 5.32 Å². The van der Waals surface area contributed by atoms with Crippen LogP contribution in [0.2, 0.25) is 0 Å². The number of nitrogens with zero attached hydrogens (tertiary/aromatic N) is 2. The Morgan fingerprint density at radius 3 is 2.83 bits per heavy atom. The Morgan fingerprint density at radius 1 is 1.22 bits per heavy atom. The van der Waals surface area contributed by atoms with E-state index in [0.29, 0.717) is 0 Å². The standard InChI is InChI=1S/C12H15N3S3/c1-9-5-3-4-6-10(9)13-11-14-15-12(18-11)17-8-7-16-2/h3-6H,7-8H2,1-2H3,(H,13,14). The average Bonchev–Trinajstić information content (AvgIpc) is 2.80. The molecule has 0 spiro atoms. The molecule has 18 heavy (non-hydrogen) atoms. The molecule has 2 aromatic rings. The van der Waals surface area contributed by atoms with E-state index in [2.05, 4.69) is 40.8 Å². The SMILES string of the molecule is CSCCSc1nnc(Nc2ccccc2C)s1. The average molecular weight is 297 g/mol. The number of benzene rings is 1. The number of rotatable bonds is 6. The molecule has 0 saturated heterocycles. The van der Waals surface area contributed by atoms with Crippen LogP contribution in [-0.4, -0.2) is 28.0 Å². The third-order valence-corrected chi connectivity index (χ3v) is 5.15. The zero-order valence-corrected chi connectivity index (χ0v) is 12.8. The van der Waals surface area contributed by atoms with E-state index in [9.17, 15) is 0 Å². The lowest BCUT2D eigenvalue weighted by molar-refractivity contribution is 1.01. The molecule has 1 aromatic heterocycles. The van der Waals surface area contributed by atoms with Crippen molar-refractivity contribution < 1.29 is 0 Å². The van der Waals surface area contributed by atoms with Crippen molar-refractivity contribution >= 4 is 45.7 Å². The lowest BCUT2D eigenvalue weighted by atomic mass is 10.2. The molecule has 2 rings (SSSR count). The summed E-state index contributed by atoms with van der Waals surface area (Å²) in [7, 11) is 0. The van der Waals surface area contributed by atoms with Crippen molar-refractivity contribution in [1.29, 1.82) is 0 Å². The fourth-order valence-corrected chi connectivity index (χ4v) is 3.84. The molecule has 0 saturated carbocycles. The highest BCUT2D eigenvalue weighted by Crippen LogP contribution is 2.28. The Labute approximate surface area is 120 Å². The first-order chi connectivity index (χ1) is 8.79. The number of hydrogen-bond donors (Lipinski definition) is 1. The number of hydrogen-bond acceptors (Lipinski definition) is 6. The third kappa shape index (κ3) is 3.90. The molecule has 0 unspecified atom stereocenters. The van der Waals surface area contributed by atoms with Crippen LogP contribution in [0, 0.1) is 6.92 Å². The van der Waals surface area contributed by atoms with Gasteiger partial charge in [-0.25, -0.2) is 0 Å². The maximum absolute atomic E-state index is 4.17. The van der Waals surface area contributed by atoms with Crippen LogP contribution in [0.15, 0.2) is 28.6 Å². The first-order valence-corrected chi connectivity index (χ1v) is 8.77. The normalized spacial score (nSPS) is 10.6. The summed E-state index contributed by atoms with van der Waals surface area (Å²) in [5.41, 5.74) is 2.30. The maximum Gasteiger partial charge on any atom is 0.210 e. The highest BCUT2D eigenvalue weighted by molar-refractivity contribution is 8.03. The van der Waals surface area contributed by atoms with Gasteiger partial charge in [0.2, 0.25) is 5.13 Å². The Morgan fingerprint density at radius 2 is 2.06 bits per heavy atom. The monoisotopic (exact) mass is 297 g/mol. The summed E-state index contributed by atoms with van der Waals surface area (Å²) < 4.78 is 1.03. The summed E-state index contributed by atoms with van der Waals surface area (Å²) >= 11 is 5.22. The van der Waals surface area contributed by atoms with Gasteiger partial charge in [0.25, 0.3) is 0 Å². The number of thioether (sulfide) groups is 2. The van der Waals surface area contributed by atoms with Gasteiger partial charge in [0.05, 0.1) is 0 Å². The minimum absolute atomic E-state index is 0.857. The fraction of sp³-hybridized carbons (Fsp3) is 0.333. The summed E-state index contributed by atoms with van der Waals surface area (Å²) in [5.74, 6) is 2.23. The van der Waals surface area contributed by atoms with Crippen molar-refractivity contribution in [2.45, 2.75) is 11.3 Å². The third-order valence-electron chi connectivity index (χ3n) is 2.31. The molecular formula is C12H15N3S3. The number of aromatic nitrogens is 2. The van der Waals surface area contributed by atoms with Gasteiger partial charge in [-0.1, -0.05) is 41.3 Å². The molecule has 6 heteroatoms. The van der Waals surface area contributed by atoms with Crippen LogP contribution in [0.3, 0.4) is 0 Å². The van der Waals surface area contributed by atoms with Gasteiger partial charge >= 0.3 is 0 Å². The second kappa shape index (κ2) is 7.01. The van der Waals surface area contributed by atoms with Crippen molar-refractivity contribution in [3.8, 4) is 0 Å². The van der Waals surface area contributed by atoms with E-state index in [1.165, 1.54) is 5.56 Å². The van der Waals surface area contributed by atoms with Gasteiger partial charge in [-0.05, 0) is 24.8 Å². The predicted molar refractivity (Wildman–Crippen MR) is 83.5 cm³/mol. The van der Waals surface area contributed by atoms with E-state index in [4.69, 9.17) is 0 Å².